The van der Waals surface area contributed by atoms with Crippen molar-refractivity contribution in [2.45, 2.75) is 18.9 Å². The molecule has 2 heterocycles. The number of aromatic amines is 1. The van der Waals surface area contributed by atoms with Crippen LogP contribution >= 0.6 is 12.4 Å². The quantitative estimate of drug-likeness (QED) is 0.751. The Labute approximate surface area is 141 Å². The summed E-state index contributed by atoms with van der Waals surface area (Å²) in [5, 5.41) is 6.31. The van der Waals surface area contributed by atoms with Gasteiger partial charge in [-0.3, -0.25) is 9.59 Å². The minimum atomic E-state index is -0.0763. The molecule has 0 saturated carbocycles. The number of aromatic nitrogens is 1. The summed E-state index contributed by atoms with van der Waals surface area (Å²) in [4.78, 5) is 27.2. The van der Waals surface area contributed by atoms with Crippen LogP contribution in [0.2, 0.25) is 0 Å². The van der Waals surface area contributed by atoms with Gasteiger partial charge in [-0.15, -0.1) is 12.4 Å². The summed E-state index contributed by atoms with van der Waals surface area (Å²) in [6.07, 6.45) is 5.29. The zero-order valence-corrected chi connectivity index (χ0v) is 13.5. The molecule has 0 aliphatic carbocycles. The van der Waals surface area contributed by atoms with E-state index in [1.165, 1.54) is 0 Å². The summed E-state index contributed by atoms with van der Waals surface area (Å²) in [6, 6.07) is 8.78. The molecule has 23 heavy (non-hydrogen) atoms. The second kappa shape index (κ2) is 7.94. The lowest BCUT2D eigenvalue weighted by molar-refractivity contribution is 0.0928. The summed E-state index contributed by atoms with van der Waals surface area (Å²) in [5.41, 5.74) is 1.79. The minimum absolute atomic E-state index is 0. The van der Waals surface area contributed by atoms with Crippen LogP contribution in [0, 0.1) is 0 Å². The number of rotatable bonds is 4. The summed E-state index contributed by atoms with van der Waals surface area (Å²) >= 11 is 0. The molecule has 1 amide bonds. The van der Waals surface area contributed by atoms with Gasteiger partial charge >= 0.3 is 0 Å². The maximum Gasteiger partial charge on any atom is 0.251 e. The largest absolute Gasteiger partial charge is 0.367 e. The predicted octanol–water partition coefficient (Wildman–Crippen LogP) is 2.15. The fourth-order valence-electron chi connectivity index (χ4n) is 2.64. The maximum atomic E-state index is 12.2. The molecule has 0 bridgehead atoms. The molecule has 2 aromatic rings. The van der Waals surface area contributed by atoms with Crippen LogP contribution in [0.3, 0.4) is 0 Å². The number of amides is 1. The Morgan fingerprint density at radius 3 is 2.22 bits per heavy atom. The van der Waals surface area contributed by atoms with E-state index in [1.54, 1.807) is 42.7 Å². The van der Waals surface area contributed by atoms with Gasteiger partial charge in [0.1, 0.15) is 0 Å². The SMILES string of the molecule is Cl.O=C(NC1CCNCC1)c1ccc(C(=O)c2cc[nH]c2)cc1. The van der Waals surface area contributed by atoms with E-state index in [4.69, 9.17) is 0 Å². The van der Waals surface area contributed by atoms with Gasteiger partial charge in [0.25, 0.3) is 5.91 Å². The number of nitrogens with one attached hydrogen (secondary N) is 3. The van der Waals surface area contributed by atoms with Crippen molar-refractivity contribution in [3.63, 3.8) is 0 Å². The zero-order chi connectivity index (χ0) is 15.4. The summed E-state index contributed by atoms with van der Waals surface area (Å²) in [7, 11) is 0. The van der Waals surface area contributed by atoms with Gasteiger partial charge in [-0.25, -0.2) is 0 Å². The first kappa shape index (κ1) is 17.2. The standard InChI is InChI=1S/C17H19N3O2.ClH/c21-16(14-5-8-19-11-14)12-1-3-13(4-2-12)17(22)20-15-6-9-18-10-7-15;/h1-5,8,11,15,18-19H,6-7,9-10H2,(H,20,22);1H. The van der Waals surface area contributed by atoms with E-state index < -0.39 is 0 Å². The highest BCUT2D eigenvalue weighted by Gasteiger charge is 2.17. The third-order valence-electron chi connectivity index (χ3n) is 3.94. The first-order chi connectivity index (χ1) is 10.7. The van der Waals surface area contributed by atoms with Gasteiger partial charge in [0, 0.05) is 35.1 Å². The Morgan fingerprint density at radius 1 is 0.957 bits per heavy atom. The lowest BCUT2D eigenvalue weighted by Gasteiger charge is -2.23. The van der Waals surface area contributed by atoms with Crippen molar-refractivity contribution in [1.29, 1.82) is 0 Å². The van der Waals surface area contributed by atoms with E-state index in [0.29, 0.717) is 16.7 Å². The Balaban J connectivity index is 0.00000192. The van der Waals surface area contributed by atoms with Crippen molar-refractivity contribution in [3.8, 4) is 0 Å². The minimum Gasteiger partial charge on any atom is -0.367 e. The molecule has 0 radical (unpaired) electrons. The summed E-state index contributed by atoms with van der Waals surface area (Å²) in [6.45, 7) is 1.88. The molecule has 3 rings (SSSR count). The first-order valence-electron chi connectivity index (χ1n) is 7.53. The second-order valence-electron chi connectivity index (χ2n) is 5.50. The van der Waals surface area contributed by atoms with E-state index >= 15 is 0 Å². The number of carbonyl (C=O) groups excluding carboxylic acids is 2. The highest BCUT2D eigenvalue weighted by atomic mass is 35.5. The maximum absolute atomic E-state index is 12.2. The molecule has 0 atom stereocenters. The van der Waals surface area contributed by atoms with Crippen molar-refractivity contribution in [3.05, 3.63) is 59.4 Å². The number of hydrogen-bond donors (Lipinski definition) is 3. The molecular formula is C17H20ClN3O2. The van der Waals surface area contributed by atoms with E-state index in [2.05, 4.69) is 15.6 Å². The molecule has 1 aromatic heterocycles. The topological polar surface area (TPSA) is 74.0 Å². The molecule has 1 fully saturated rings. The highest BCUT2D eigenvalue weighted by Crippen LogP contribution is 2.11. The Bertz CT molecular complexity index is 647. The third-order valence-corrected chi connectivity index (χ3v) is 3.94. The van der Waals surface area contributed by atoms with Crippen LogP contribution in [0.5, 0.6) is 0 Å². The van der Waals surface area contributed by atoms with E-state index in [9.17, 15) is 9.59 Å². The Kier molecular flexibility index (Phi) is 5.96. The van der Waals surface area contributed by atoms with Crippen molar-refractivity contribution in [2.24, 2.45) is 0 Å². The van der Waals surface area contributed by atoms with Crippen LogP contribution in [0.1, 0.15) is 39.1 Å². The smallest absolute Gasteiger partial charge is 0.251 e. The summed E-state index contributed by atoms with van der Waals surface area (Å²) < 4.78 is 0. The molecule has 1 aliphatic rings. The Hall–Kier alpha value is -2.11. The molecule has 3 N–H and O–H groups in total. The van der Waals surface area contributed by atoms with Crippen molar-refractivity contribution in [2.75, 3.05) is 13.1 Å². The van der Waals surface area contributed by atoms with Crippen molar-refractivity contribution >= 4 is 24.1 Å². The van der Waals surface area contributed by atoms with Gasteiger partial charge in [0.2, 0.25) is 0 Å². The first-order valence-corrected chi connectivity index (χ1v) is 7.53. The number of carbonyl (C=O) groups is 2. The van der Waals surface area contributed by atoms with Crippen molar-refractivity contribution in [1.82, 2.24) is 15.6 Å². The molecule has 5 nitrogen and oxygen atoms in total. The predicted molar refractivity (Wildman–Crippen MR) is 91.3 cm³/mol. The average molecular weight is 334 g/mol. The average Bonchev–Trinajstić information content (AvgIpc) is 3.10. The fourth-order valence-corrected chi connectivity index (χ4v) is 2.64. The van der Waals surface area contributed by atoms with Gasteiger partial charge in [-0.1, -0.05) is 12.1 Å². The van der Waals surface area contributed by atoms with Crippen LogP contribution in [-0.2, 0) is 0 Å². The molecule has 122 valence electrons. The Morgan fingerprint density at radius 2 is 1.61 bits per heavy atom. The molecule has 1 saturated heterocycles. The number of ketones is 1. The normalized spacial score (nSPS) is 14.8. The number of piperidine rings is 1. The van der Waals surface area contributed by atoms with E-state index in [0.717, 1.165) is 25.9 Å². The van der Waals surface area contributed by atoms with Crippen LogP contribution in [0.25, 0.3) is 0 Å². The van der Waals surface area contributed by atoms with Crippen LogP contribution < -0.4 is 10.6 Å². The molecule has 0 unspecified atom stereocenters. The van der Waals surface area contributed by atoms with Crippen molar-refractivity contribution < 1.29 is 9.59 Å². The van der Waals surface area contributed by atoms with E-state index in [1.807, 2.05) is 0 Å². The molecule has 1 aromatic carbocycles. The van der Waals surface area contributed by atoms with Gasteiger partial charge in [0.15, 0.2) is 5.78 Å². The fraction of sp³-hybridized carbons (Fsp3) is 0.294. The van der Waals surface area contributed by atoms with Crippen LogP contribution in [0.4, 0.5) is 0 Å². The van der Waals surface area contributed by atoms with Gasteiger partial charge < -0.3 is 15.6 Å². The molecular weight excluding hydrogens is 314 g/mol. The molecule has 1 aliphatic heterocycles. The van der Waals surface area contributed by atoms with Gasteiger partial charge in [-0.2, -0.15) is 0 Å². The number of halogens is 1. The lowest BCUT2D eigenvalue weighted by atomic mass is 10.0. The van der Waals surface area contributed by atoms with Gasteiger partial charge in [0.05, 0.1) is 0 Å². The number of H-pyrrole nitrogens is 1. The third kappa shape index (κ3) is 4.21. The number of hydrogen-bond acceptors (Lipinski definition) is 3. The monoisotopic (exact) mass is 333 g/mol. The number of benzene rings is 1. The zero-order valence-electron chi connectivity index (χ0n) is 12.7. The lowest BCUT2D eigenvalue weighted by Crippen LogP contribution is -2.42. The highest BCUT2D eigenvalue weighted by molar-refractivity contribution is 6.09. The molecule has 6 heteroatoms. The van der Waals surface area contributed by atoms with Crippen LogP contribution in [0.15, 0.2) is 42.7 Å². The summed E-state index contributed by atoms with van der Waals surface area (Å²) in [5.74, 6) is -0.126. The second-order valence-corrected chi connectivity index (χ2v) is 5.50. The molecule has 0 spiro atoms. The van der Waals surface area contributed by atoms with E-state index in [-0.39, 0.29) is 30.1 Å². The van der Waals surface area contributed by atoms with Gasteiger partial charge in [-0.05, 0) is 44.1 Å². The van der Waals surface area contributed by atoms with Crippen LogP contribution in [-0.4, -0.2) is 35.8 Å².